The summed E-state index contributed by atoms with van der Waals surface area (Å²) in [4.78, 5) is 21.0. The van der Waals surface area contributed by atoms with Gasteiger partial charge in [0.1, 0.15) is 0 Å². The van der Waals surface area contributed by atoms with Crippen LogP contribution in [0.1, 0.15) is 17.0 Å². The van der Waals surface area contributed by atoms with E-state index in [4.69, 9.17) is 4.74 Å². The van der Waals surface area contributed by atoms with Gasteiger partial charge in [-0.25, -0.2) is 4.98 Å². The SMILES string of the molecule is O=C(CCc1nc2ccccc2s1)N[C@@H]1COC[C@H]1Cc1ccncc1. The van der Waals surface area contributed by atoms with E-state index < -0.39 is 0 Å². The Morgan fingerprint density at radius 3 is 2.88 bits per heavy atom. The highest BCUT2D eigenvalue weighted by Crippen LogP contribution is 2.23. The molecule has 5 nitrogen and oxygen atoms in total. The third kappa shape index (κ3) is 4.08. The molecule has 6 heteroatoms. The van der Waals surface area contributed by atoms with Gasteiger partial charge in [-0.05, 0) is 36.2 Å². The molecule has 2 aromatic heterocycles. The number of rotatable bonds is 6. The molecule has 0 radical (unpaired) electrons. The molecular weight excluding hydrogens is 346 g/mol. The number of hydrogen-bond donors (Lipinski definition) is 1. The number of carbonyl (C=O) groups is 1. The first-order chi connectivity index (χ1) is 12.8. The van der Waals surface area contributed by atoms with Gasteiger partial charge in [-0.1, -0.05) is 12.1 Å². The average Bonchev–Trinajstić information content (AvgIpc) is 3.27. The Bertz CT molecular complexity index is 848. The first kappa shape index (κ1) is 17.1. The second-order valence-corrected chi connectivity index (χ2v) is 7.72. The molecule has 0 unspecified atom stereocenters. The Kier molecular flexibility index (Phi) is 5.22. The summed E-state index contributed by atoms with van der Waals surface area (Å²) in [6.07, 6.45) is 5.63. The Balaban J connectivity index is 1.30. The molecule has 0 bridgehead atoms. The second kappa shape index (κ2) is 7.93. The van der Waals surface area contributed by atoms with Gasteiger partial charge in [0.05, 0.1) is 34.5 Å². The summed E-state index contributed by atoms with van der Waals surface area (Å²) in [5.74, 6) is 0.378. The zero-order valence-corrected chi connectivity index (χ0v) is 15.2. The number of nitrogens with zero attached hydrogens (tertiary/aromatic N) is 2. The van der Waals surface area contributed by atoms with Gasteiger partial charge in [0.25, 0.3) is 0 Å². The third-order valence-electron chi connectivity index (χ3n) is 4.70. The van der Waals surface area contributed by atoms with Crippen LogP contribution in [-0.4, -0.2) is 35.1 Å². The maximum atomic E-state index is 12.4. The van der Waals surface area contributed by atoms with Gasteiger partial charge in [0, 0.05) is 31.2 Å². The molecule has 1 aromatic carbocycles. The first-order valence-electron chi connectivity index (χ1n) is 8.88. The Morgan fingerprint density at radius 1 is 1.19 bits per heavy atom. The molecular formula is C20H21N3O2S. The van der Waals surface area contributed by atoms with Crippen molar-refractivity contribution < 1.29 is 9.53 Å². The topological polar surface area (TPSA) is 64.1 Å². The quantitative estimate of drug-likeness (QED) is 0.727. The zero-order valence-electron chi connectivity index (χ0n) is 14.4. The minimum Gasteiger partial charge on any atom is -0.379 e. The van der Waals surface area contributed by atoms with Crippen molar-refractivity contribution in [1.29, 1.82) is 0 Å². The van der Waals surface area contributed by atoms with Gasteiger partial charge in [-0.15, -0.1) is 11.3 Å². The van der Waals surface area contributed by atoms with E-state index in [1.165, 1.54) is 10.3 Å². The summed E-state index contributed by atoms with van der Waals surface area (Å²) in [5.41, 5.74) is 2.23. The summed E-state index contributed by atoms with van der Waals surface area (Å²) in [5, 5.41) is 4.16. The average molecular weight is 367 g/mol. The monoisotopic (exact) mass is 367 g/mol. The van der Waals surface area contributed by atoms with E-state index in [-0.39, 0.29) is 11.9 Å². The van der Waals surface area contributed by atoms with Gasteiger partial charge < -0.3 is 10.1 Å². The van der Waals surface area contributed by atoms with E-state index in [0.717, 1.165) is 16.9 Å². The van der Waals surface area contributed by atoms with Crippen molar-refractivity contribution in [1.82, 2.24) is 15.3 Å². The molecule has 0 aliphatic carbocycles. The van der Waals surface area contributed by atoms with Gasteiger partial charge in [-0.2, -0.15) is 0 Å². The fraction of sp³-hybridized carbons (Fsp3) is 0.350. The summed E-state index contributed by atoms with van der Waals surface area (Å²) in [6.45, 7) is 1.27. The Hall–Kier alpha value is -2.31. The third-order valence-corrected chi connectivity index (χ3v) is 5.79. The number of nitrogens with one attached hydrogen (secondary N) is 1. The van der Waals surface area contributed by atoms with E-state index in [9.17, 15) is 4.79 Å². The van der Waals surface area contributed by atoms with Crippen LogP contribution >= 0.6 is 11.3 Å². The molecule has 1 N–H and O–H groups in total. The highest BCUT2D eigenvalue weighted by Gasteiger charge is 2.29. The van der Waals surface area contributed by atoms with E-state index in [1.807, 2.05) is 30.3 Å². The molecule has 0 spiro atoms. The molecule has 26 heavy (non-hydrogen) atoms. The molecule has 0 saturated carbocycles. The molecule has 134 valence electrons. The number of ether oxygens (including phenoxy) is 1. The van der Waals surface area contributed by atoms with Crippen LogP contribution in [-0.2, 0) is 22.4 Å². The summed E-state index contributed by atoms with van der Waals surface area (Å²) in [6, 6.07) is 12.2. The zero-order chi connectivity index (χ0) is 17.8. The number of fused-ring (bicyclic) bond motifs is 1. The molecule has 3 heterocycles. The van der Waals surface area contributed by atoms with Crippen molar-refractivity contribution in [3.05, 3.63) is 59.4 Å². The molecule has 1 saturated heterocycles. The van der Waals surface area contributed by atoms with E-state index in [0.29, 0.717) is 32.0 Å². The summed E-state index contributed by atoms with van der Waals surface area (Å²) in [7, 11) is 0. The smallest absolute Gasteiger partial charge is 0.220 e. The predicted octanol–water partition coefficient (Wildman–Crippen LogP) is 3.00. The van der Waals surface area contributed by atoms with E-state index in [1.54, 1.807) is 23.7 Å². The van der Waals surface area contributed by atoms with Crippen molar-refractivity contribution in [3.63, 3.8) is 0 Å². The number of hydrogen-bond acceptors (Lipinski definition) is 5. The standard InChI is InChI=1S/C20H21N3O2S/c24-19(5-6-20-23-16-3-1-2-4-18(16)26-20)22-17-13-25-12-15(17)11-14-7-9-21-10-8-14/h1-4,7-10,15,17H,5-6,11-13H2,(H,22,24)/t15-,17-/m1/s1. The molecule has 3 aromatic rings. The number of carbonyl (C=O) groups excluding carboxylic acids is 1. The van der Waals surface area contributed by atoms with Crippen LogP contribution in [0.2, 0.25) is 0 Å². The highest BCUT2D eigenvalue weighted by atomic mass is 32.1. The van der Waals surface area contributed by atoms with Gasteiger partial charge in [-0.3, -0.25) is 9.78 Å². The van der Waals surface area contributed by atoms with Crippen LogP contribution in [0.4, 0.5) is 0 Å². The van der Waals surface area contributed by atoms with E-state index in [2.05, 4.69) is 21.4 Å². The lowest BCUT2D eigenvalue weighted by molar-refractivity contribution is -0.122. The number of aromatic nitrogens is 2. The second-order valence-electron chi connectivity index (χ2n) is 6.61. The van der Waals surface area contributed by atoms with Crippen LogP contribution in [0.15, 0.2) is 48.8 Å². The molecule has 1 fully saturated rings. The number of amides is 1. The van der Waals surface area contributed by atoms with Crippen LogP contribution in [0, 0.1) is 5.92 Å². The number of pyridine rings is 1. The van der Waals surface area contributed by atoms with Gasteiger partial charge in [0.15, 0.2) is 0 Å². The van der Waals surface area contributed by atoms with Crippen molar-refractivity contribution in [3.8, 4) is 0 Å². The van der Waals surface area contributed by atoms with Crippen LogP contribution in [0.3, 0.4) is 0 Å². The van der Waals surface area contributed by atoms with Crippen LogP contribution in [0.5, 0.6) is 0 Å². The Labute approximate surface area is 156 Å². The summed E-state index contributed by atoms with van der Waals surface area (Å²) < 4.78 is 6.78. The number of benzene rings is 1. The molecule has 4 rings (SSSR count). The molecule has 1 amide bonds. The molecule has 1 aliphatic heterocycles. The van der Waals surface area contributed by atoms with Crippen molar-refractivity contribution >= 4 is 27.5 Å². The molecule has 2 atom stereocenters. The van der Waals surface area contributed by atoms with Crippen LogP contribution < -0.4 is 5.32 Å². The maximum Gasteiger partial charge on any atom is 0.220 e. The number of thiazole rings is 1. The minimum atomic E-state index is 0.0690. The minimum absolute atomic E-state index is 0.0690. The number of aryl methyl sites for hydroxylation is 1. The Morgan fingerprint density at radius 2 is 2.04 bits per heavy atom. The van der Waals surface area contributed by atoms with Crippen molar-refractivity contribution in [2.45, 2.75) is 25.3 Å². The fourth-order valence-electron chi connectivity index (χ4n) is 3.31. The van der Waals surface area contributed by atoms with Crippen LogP contribution in [0.25, 0.3) is 10.2 Å². The molecule has 1 aliphatic rings. The normalized spacial score (nSPS) is 19.7. The fourth-order valence-corrected chi connectivity index (χ4v) is 4.27. The van der Waals surface area contributed by atoms with E-state index >= 15 is 0 Å². The lowest BCUT2D eigenvalue weighted by Crippen LogP contribution is -2.40. The highest BCUT2D eigenvalue weighted by molar-refractivity contribution is 7.18. The number of para-hydroxylation sites is 1. The van der Waals surface area contributed by atoms with Crippen molar-refractivity contribution in [2.24, 2.45) is 5.92 Å². The van der Waals surface area contributed by atoms with Gasteiger partial charge >= 0.3 is 0 Å². The lowest BCUT2D eigenvalue weighted by Gasteiger charge is -2.19. The first-order valence-corrected chi connectivity index (χ1v) is 9.70. The van der Waals surface area contributed by atoms with Gasteiger partial charge in [0.2, 0.25) is 5.91 Å². The maximum absolute atomic E-state index is 12.4. The summed E-state index contributed by atoms with van der Waals surface area (Å²) >= 11 is 1.66. The lowest BCUT2D eigenvalue weighted by atomic mass is 9.95. The largest absolute Gasteiger partial charge is 0.379 e. The van der Waals surface area contributed by atoms with Crippen molar-refractivity contribution in [2.75, 3.05) is 13.2 Å². The predicted molar refractivity (Wildman–Crippen MR) is 102 cm³/mol.